The molecule has 1 amide bonds. The number of carbonyl (C=O) groups excluding carboxylic acids is 1. The predicted octanol–water partition coefficient (Wildman–Crippen LogP) is 3.21. The highest BCUT2D eigenvalue weighted by Crippen LogP contribution is 2.23. The molecule has 0 saturated carbocycles. The summed E-state index contributed by atoms with van der Waals surface area (Å²) in [6.07, 6.45) is 0. The van der Waals surface area contributed by atoms with E-state index in [9.17, 15) is 14.7 Å². The molecule has 1 atom stereocenters. The predicted molar refractivity (Wildman–Crippen MR) is 83.5 cm³/mol. The number of nitrogens with one attached hydrogen (secondary N) is 1. The number of carbonyl (C=O) groups is 2. The minimum absolute atomic E-state index is 0.0179. The van der Waals surface area contributed by atoms with Crippen molar-refractivity contribution in [1.82, 2.24) is 5.32 Å². The average molecular weight is 291 g/mol. The van der Waals surface area contributed by atoms with Crippen molar-refractivity contribution >= 4 is 11.9 Å². The van der Waals surface area contributed by atoms with Crippen molar-refractivity contribution in [3.63, 3.8) is 0 Å². The fourth-order valence-electron chi connectivity index (χ4n) is 1.98. The highest BCUT2D eigenvalue weighted by atomic mass is 16.4. The van der Waals surface area contributed by atoms with Crippen molar-refractivity contribution in [2.45, 2.75) is 53.0 Å². The number of aliphatic carboxylic acids is 1. The van der Waals surface area contributed by atoms with Crippen LogP contribution in [-0.4, -0.2) is 23.0 Å². The van der Waals surface area contributed by atoms with E-state index in [0.29, 0.717) is 5.56 Å². The molecule has 4 heteroatoms. The van der Waals surface area contributed by atoms with Crippen LogP contribution in [0.1, 0.15) is 57.5 Å². The van der Waals surface area contributed by atoms with Crippen molar-refractivity contribution in [2.75, 3.05) is 0 Å². The Hall–Kier alpha value is -1.84. The Morgan fingerprint density at radius 2 is 1.48 bits per heavy atom. The molecule has 0 aromatic heterocycles. The molecule has 0 heterocycles. The first-order chi connectivity index (χ1) is 9.43. The van der Waals surface area contributed by atoms with E-state index in [1.807, 2.05) is 12.1 Å². The van der Waals surface area contributed by atoms with Crippen molar-refractivity contribution in [1.29, 1.82) is 0 Å². The van der Waals surface area contributed by atoms with Gasteiger partial charge in [-0.3, -0.25) is 4.79 Å². The lowest BCUT2D eigenvalue weighted by Crippen LogP contribution is -2.49. The first kappa shape index (κ1) is 17.2. The molecule has 21 heavy (non-hydrogen) atoms. The van der Waals surface area contributed by atoms with Crippen LogP contribution >= 0.6 is 0 Å². The van der Waals surface area contributed by atoms with Gasteiger partial charge in [0.1, 0.15) is 6.04 Å². The first-order valence-electron chi connectivity index (χ1n) is 7.07. The zero-order valence-electron chi connectivity index (χ0n) is 13.7. The monoisotopic (exact) mass is 291 g/mol. The molecule has 0 aliphatic carbocycles. The second-order valence-electron chi connectivity index (χ2n) is 7.44. The zero-order chi connectivity index (χ0) is 16.4. The van der Waals surface area contributed by atoms with Crippen LogP contribution in [0.5, 0.6) is 0 Å². The maximum atomic E-state index is 12.2. The molecule has 0 aliphatic rings. The van der Waals surface area contributed by atoms with Crippen molar-refractivity contribution in [3.05, 3.63) is 35.4 Å². The maximum Gasteiger partial charge on any atom is 0.326 e. The molecule has 1 aromatic carbocycles. The fourth-order valence-corrected chi connectivity index (χ4v) is 1.98. The Kier molecular flexibility index (Phi) is 4.82. The molecule has 0 saturated heterocycles. The van der Waals surface area contributed by atoms with E-state index in [0.717, 1.165) is 5.56 Å². The summed E-state index contributed by atoms with van der Waals surface area (Å²) >= 11 is 0. The molecule has 0 aliphatic heterocycles. The Bertz CT molecular complexity index is 518. The normalized spacial score (nSPS) is 13.6. The number of hydrogen-bond donors (Lipinski definition) is 2. The Balaban J connectivity index is 2.92. The van der Waals surface area contributed by atoms with Crippen LogP contribution in [-0.2, 0) is 10.2 Å². The van der Waals surface area contributed by atoms with Gasteiger partial charge in [-0.1, -0.05) is 53.7 Å². The van der Waals surface area contributed by atoms with Crippen LogP contribution in [0.3, 0.4) is 0 Å². The van der Waals surface area contributed by atoms with Gasteiger partial charge in [0.2, 0.25) is 0 Å². The largest absolute Gasteiger partial charge is 0.480 e. The van der Waals surface area contributed by atoms with Gasteiger partial charge < -0.3 is 10.4 Å². The maximum absolute atomic E-state index is 12.2. The first-order valence-corrected chi connectivity index (χ1v) is 7.07. The minimum atomic E-state index is -1.03. The number of rotatable bonds is 3. The molecule has 1 unspecified atom stereocenters. The van der Waals surface area contributed by atoms with Crippen molar-refractivity contribution in [2.24, 2.45) is 5.41 Å². The molecule has 4 nitrogen and oxygen atoms in total. The third-order valence-electron chi connectivity index (χ3n) is 3.40. The van der Waals surface area contributed by atoms with Gasteiger partial charge >= 0.3 is 5.97 Å². The molecule has 1 rings (SSSR count). The third kappa shape index (κ3) is 4.59. The van der Waals surface area contributed by atoms with Crippen LogP contribution in [0.4, 0.5) is 0 Å². The van der Waals surface area contributed by atoms with Crippen LogP contribution in [0, 0.1) is 5.41 Å². The number of hydrogen-bond acceptors (Lipinski definition) is 2. The zero-order valence-corrected chi connectivity index (χ0v) is 13.7. The molecule has 0 fully saturated rings. The molecule has 1 aromatic rings. The summed E-state index contributed by atoms with van der Waals surface area (Å²) < 4.78 is 0. The molecule has 116 valence electrons. The number of carboxylic acids is 1. The van der Waals surface area contributed by atoms with Crippen LogP contribution < -0.4 is 5.32 Å². The molecular weight excluding hydrogens is 266 g/mol. The highest BCUT2D eigenvalue weighted by molar-refractivity contribution is 5.96. The van der Waals surface area contributed by atoms with Crippen LogP contribution in [0.2, 0.25) is 0 Å². The molecule has 0 radical (unpaired) electrons. The lowest BCUT2D eigenvalue weighted by molar-refractivity contribution is -0.142. The van der Waals surface area contributed by atoms with Crippen molar-refractivity contribution in [3.8, 4) is 0 Å². The second-order valence-corrected chi connectivity index (χ2v) is 7.44. The molecule has 2 N–H and O–H groups in total. The van der Waals surface area contributed by atoms with Gasteiger partial charge in [0.15, 0.2) is 0 Å². The average Bonchev–Trinajstić information content (AvgIpc) is 2.33. The number of amides is 1. The van der Waals surface area contributed by atoms with Crippen LogP contribution in [0.15, 0.2) is 24.3 Å². The van der Waals surface area contributed by atoms with E-state index < -0.39 is 17.4 Å². The molecule has 0 bridgehead atoms. The lowest BCUT2D eigenvalue weighted by atomic mass is 9.86. The van der Waals surface area contributed by atoms with Gasteiger partial charge in [-0.2, -0.15) is 0 Å². The lowest BCUT2D eigenvalue weighted by Gasteiger charge is -2.27. The number of carboxylic acid groups (broad SMARTS) is 1. The summed E-state index contributed by atoms with van der Waals surface area (Å²) in [6, 6.07) is 6.35. The minimum Gasteiger partial charge on any atom is -0.480 e. The quantitative estimate of drug-likeness (QED) is 0.898. The highest BCUT2D eigenvalue weighted by Gasteiger charge is 2.32. The summed E-state index contributed by atoms with van der Waals surface area (Å²) in [5, 5.41) is 11.8. The van der Waals surface area contributed by atoms with Gasteiger partial charge in [0.25, 0.3) is 5.91 Å². The Morgan fingerprint density at radius 3 is 1.81 bits per heavy atom. The van der Waals surface area contributed by atoms with E-state index in [4.69, 9.17) is 0 Å². The summed E-state index contributed by atoms with van der Waals surface area (Å²) in [4.78, 5) is 23.5. The second kappa shape index (κ2) is 5.88. The smallest absolute Gasteiger partial charge is 0.326 e. The standard InChI is InChI=1S/C17H25NO3/c1-16(2,3)12-9-7-11(8-10-12)14(19)18-13(15(20)21)17(4,5)6/h7-10,13H,1-6H3,(H,18,19)(H,20,21). The Morgan fingerprint density at radius 1 is 1.00 bits per heavy atom. The van der Waals surface area contributed by atoms with Gasteiger partial charge in [-0.15, -0.1) is 0 Å². The van der Waals surface area contributed by atoms with E-state index in [1.165, 1.54) is 0 Å². The van der Waals surface area contributed by atoms with E-state index in [1.54, 1.807) is 32.9 Å². The molecular formula is C17H25NO3. The van der Waals surface area contributed by atoms with E-state index >= 15 is 0 Å². The summed E-state index contributed by atoms with van der Waals surface area (Å²) in [5.74, 6) is -1.39. The topological polar surface area (TPSA) is 66.4 Å². The fraction of sp³-hybridized carbons (Fsp3) is 0.529. The third-order valence-corrected chi connectivity index (χ3v) is 3.40. The number of benzene rings is 1. The van der Waals surface area contributed by atoms with E-state index in [2.05, 4.69) is 26.1 Å². The summed E-state index contributed by atoms with van der Waals surface area (Å²) in [6.45, 7) is 11.7. The van der Waals surface area contributed by atoms with Crippen LogP contribution in [0.25, 0.3) is 0 Å². The van der Waals surface area contributed by atoms with Gasteiger partial charge in [-0.05, 0) is 28.5 Å². The summed E-state index contributed by atoms with van der Waals surface area (Å²) in [7, 11) is 0. The SMILES string of the molecule is CC(C)(C)c1ccc(C(=O)NC(C(=O)O)C(C)(C)C)cc1. The summed E-state index contributed by atoms with van der Waals surface area (Å²) in [5.41, 5.74) is 1.07. The van der Waals surface area contributed by atoms with Gasteiger partial charge in [-0.25, -0.2) is 4.79 Å². The van der Waals surface area contributed by atoms with Gasteiger partial charge in [0.05, 0.1) is 0 Å². The molecule has 0 spiro atoms. The Labute approximate surface area is 126 Å². The van der Waals surface area contributed by atoms with E-state index in [-0.39, 0.29) is 11.3 Å². The van der Waals surface area contributed by atoms with Crippen molar-refractivity contribution < 1.29 is 14.7 Å². The van der Waals surface area contributed by atoms with Gasteiger partial charge in [0, 0.05) is 5.56 Å².